The summed E-state index contributed by atoms with van der Waals surface area (Å²) in [4.78, 5) is 43.1. The van der Waals surface area contributed by atoms with Gasteiger partial charge in [0.25, 0.3) is 17.7 Å². The quantitative estimate of drug-likeness (QED) is 0.691. The van der Waals surface area contributed by atoms with Crippen molar-refractivity contribution in [1.29, 1.82) is 0 Å². The summed E-state index contributed by atoms with van der Waals surface area (Å²) < 4.78 is 1.96. The second-order valence-electron chi connectivity index (χ2n) is 6.64. The molecular weight excluding hydrogens is 364 g/mol. The van der Waals surface area contributed by atoms with E-state index >= 15 is 0 Å². The Hall–Kier alpha value is -3.26. The highest BCUT2D eigenvalue weighted by Gasteiger charge is 2.29. The van der Waals surface area contributed by atoms with Crippen LogP contribution in [0.3, 0.4) is 0 Å². The van der Waals surface area contributed by atoms with Crippen molar-refractivity contribution < 1.29 is 14.4 Å². The van der Waals surface area contributed by atoms with Crippen LogP contribution in [0.25, 0.3) is 5.69 Å². The van der Waals surface area contributed by atoms with Crippen LogP contribution < -0.4 is 5.32 Å². The van der Waals surface area contributed by atoms with E-state index in [0.29, 0.717) is 29.0 Å². The summed E-state index contributed by atoms with van der Waals surface area (Å²) in [6.45, 7) is 0.458. The number of carbonyl (C=O) groups is 3. The van der Waals surface area contributed by atoms with E-state index in [0.717, 1.165) is 22.6 Å². The fraction of sp³-hybridized carbons (Fsp3) is 0.158. The summed E-state index contributed by atoms with van der Waals surface area (Å²) in [6, 6.07) is 7.18. The lowest BCUT2D eigenvalue weighted by molar-refractivity contribution is 0.0791. The first-order chi connectivity index (χ1) is 13.0. The van der Waals surface area contributed by atoms with Crippen LogP contribution in [0.2, 0.25) is 0 Å². The van der Waals surface area contributed by atoms with E-state index in [-0.39, 0.29) is 17.7 Å². The molecule has 3 aromatic rings. The molecule has 8 heteroatoms. The van der Waals surface area contributed by atoms with Crippen LogP contribution in [0.5, 0.6) is 0 Å². The van der Waals surface area contributed by atoms with Gasteiger partial charge in [0.1, 0.15) is 4.88 Å². The molecule has 0 atom stereocenters. The van der Waals surface area contributed by atoms with Crippen molar-refractivity contribution in [3.8, 4) is 5.69 Å². The normalized spacial score (nSPS) is 15.3. The zero-order chi connectivity index (χ0) is 18.7. The number of benzene rings is 1. The molecule has 0 fully saturated rings. The number of aromatic nitrogens is 2. The number of nitrogens with zero attached hydrogens (tertiary/aromatic N) is 3. The molecule has 7 nitrogen and oxygen atoms in total. The maximum Gasteiger partial charge on any atom is 0.266 e. The number of rotatable bonds is 2. The second-order valence-corrected chi connectivity index (χ2v) is 7.56. The Labute approximate surface area is 158 Å². The fourth-order valence-electron chi connectivity index (χ4n) is 3.57. The van der Waals surface area contributed by atoms with E-state index in [1.54, 1.807) is 30.4 Å². The van der Waals surface area contributed by atoms with E-state index in [1.165, 1.54) is 11.3 Å². The molecule has 4 heterocycles. The van der Waals surface area contributed by atoms with Crippen molar-refractivity contribution in [2.75, 3.05) is 7.05 Å². The summed E-state index contributed by atoms with van der Waals surface area (Å²) in [5.41, 5.74) is 4.34. The fourth-order valence-corrected chi connectivity index (χ4v) is 4.45. The first-order valence-electron chi connectivity index (χ1n) is 8.40. The molecular formula is C19H14N4O3S. The van der Waals surface area contributed by atoms with Crippen molar-refractivity contribution in [3.05, 3.63) is 68.9 Å². The highest BCUT2D eigenvalue weighted by atomic mass is 32.1. The summed E-state index contributed by atoms with van der Waals surface area (Å²) in [5.74, 6) is -0.723. The minimum absolute atomic E-state index is 0.00219. The number of amides is 3. The predicted octanol–water partition coefficient (Wildman–Crippen LogP) is 1.99. The third-order valence-corrected chi connectivity index (χ3v) is 5.85. The molecule has 27 heavy (non-hydrogen) atoms. The van der Waals surface area contributed by atoms with E-state index in [1.807, 2.05) is 22.1 Å². The molecule has 0 saturated carbocycles. The molecule has 0 radical (unpaired) electrons. The second kappa shape index (κ2) is 5.62. The van der Waals surface area contributed by atoms with E-state index in [4.69, 9.17) is 0 Å². The molecule has 2 aromatic heterocycles. The van der Waals surface area contributed by atoms with Gasteiger partial charge < -0.3 is 4.90 Å². The maximum atomic E-state index is 12.6. The van der Waals surface area contributed by atoms with E-state index in [2.05, 4.69) is 10.3 Å². The summed E-state index contributed by atoms with van der Waals surface area (Å²) in [7, 11) is 1.78. The minimum atomic E-state index is -0.367. The van der Waals surface area contributed by atoms with E-state index in [9.17, 15) is 14.4 Å². The largest absolute Gasteiger partial charge is 0.335 e. The van der Waals surface area contributed by atoms with Gasteiger partial charge in [-0.25, -0.2) is 4.98 Å². The molecule has 3 amide bonds. The number of hydrogen-bond donors (Lipinski definition) is 1. The first-order valence-corrected chi connectivity index (χ1v) is 9.28. The third-order valence-electron chi connectivity index (χ3n) is 4.96. The van der Waals surface area contributed by atoms with Crippen molar-refractivity contribution in [1.82, 2.24) is 19.8 Å². The van der Waals surface area contributed by atoms with Gasteiger partial charge in [0.2, 0.25) is 0 Å². The van der Waals surface area contributed by atoms with Crippen molar-refractivity contribution in [3.63, 3.8) is 0 Å². The van der Waals surface area contributed by atoms with Gasteiger partial charge in [-0.3, -0.25) is 24.3 Å². The van der Waals surface area contributed by atoms with Gasteiger partial charge in [-0.15, -0.1) is 11.3 Å². The Kier molecular flexibility index (Phi) is 3.32. The molecule has 2 aliphatic rings. The maximum absolute atomic E-state index is 12.6. The van der Waals surface area contributed by atoms with Crippen molar-refractivity contribution in [2.24, 2.45) is 0 Å². The van der Waals surface area contributed by atoms with Crippen LogP contribution in [-0.4, -0.2) is 39.2 Å². The number of imidazole rings is 1. The summed E-state index contributed by atoms with van der Waals surface area (Å²) >= 11 is 1.43. The number of carbonyl (C=O) groups excluding carboxylic acids is 3. The zero-order valence-electron chi connectivity index (χ0n) is 14.4. The Bertz CT molecular complexity index is 1140. The van der Waals surface area contributed by atoms with Gasteiger partial charge in [-0.2, -0.15) is 0 Å². The van der Waals surface area contributed by atoms with Crippen LogP contribution in [0.15, 0.2) is 36.0 Å². The standard InChI is InChI=1S/C19H14N4O3S/c1-22-8-15-13(20-9-23(15)14-4-5-27-16(14)19(22)26)7-10-2-3-11-12(6-10)18(25)21-17(11)24/h2-6,9H,7-8H2,1H3,(H,21,24,25). The van der Waals surface area contributed by atoms with Gasteiger partial charge in [-0.1, -0.05) is 6.07 Å². The molecule has 1 aromatic carbocycles. The minimum Gasteiger partial charge on any atom is -0.335 e. The molecule has 0 bridgehead atoms. The highest BCUT2D eigenvalue weighted by Crippen LogP contribution is 2.30. The molecule has 0 unspecified atom stereocenters. The molecule has 0 saturated heterocycles. The lowest BCUT2D eigenvalue weighted by Crippen LogP contribution is -2.24. The van der Waals surface area contributed by atoms with Crippen LogP contribution in [0, 0.1) is 0 Å². The van der Waals surface area contributed by atoms with E-state index < -0.39 is 0 Å². The van der Waals surface area contributed by atoms with Crippen LogP contribution in [-0.2, 0) is 13.0 Å². The van der Waals surface area contributed by atoms with Crippen LogP contribution >= 0.6 is 11.3 Å². The van der Waals surface area contributed by atoms with Crippen molar-refractivity contribution in [2.45, 2.75) is 13.0 Å². The van der Waals surface area contributed by atoms with Gasteiger partial charge in [0.15, 0.2) is 0 Å². The van der Waals surface area contributed by atoms with Gasteiger partial charge in [0.05, 0.1) is 41.1 Å². The third kappa shape index (κ3) is 2.33. The van der Waals surface area contributed by atoms with Crippen LogP contribution in [0.4, 0.5) is 0 Å². The lowest BCUT2D eigenvalue weighted by atomic mass is 10.0. The summed E-state index contributed by atoms with van der Waals surface area (Å²) in [5, 5.41) is 4.21. The molecule has 134 valence electrons. The Morgan fingerprint density at radius 2 is 1.96 bits per heavy atom. The number of nitrogens with one attached hydrogen (secondary N) is 1. The van der Waals surface area contributed by atoms with Gasteiger partial charge in [-0.05, 0) is 29.1 Å². The zero-order valence-corrected chi connectivity index (χ0v) is 15.2. The lowest BCUT2D eigenvalue weighted by Gasteiger charge is -2.14. The van der Waals surface area contributed by atoms with Gasteiger partial charge >= 0.3 is 0 Å². The summed E-state index contributed by atoms with van der Waals surface area (Å²) in [6.07, 6.45) is 2.25. The Morgan fingerprint density at radius 3 is 2.81 bits per heavy atom. The molecule has 0 spiro atoms. The van der Waals surface area contributed by atoms with Crippen molar-refractivity contribution >= 4 is 29.1 Å². The Balaban J connectivity index is 1.55. The predicted molar refractivity (Wildman–Crippen MR) is 98.3 cm³/mol. The molecule has 2 aliphatic heterocycles. The number of fused-ring (bicyclic) bond motifs is 4. The first kappa shape index (κ1) is 16.0. The molecule has 5 rings (SSSR count). The molecule has 0 aliphatic carbocycles. The Morgan fingerprint density at radius 1 is 1.15 bits per heavy atom. The SMILES string of the molecule is CN1Cc2c(Cc3ccc4c(c3)C(=O)NC4=O)ncn2-c2ccsc2C1=O. The van der Waals surface area contributed by atoms with Crippen LogP contribution in [0.1, 0.15) is 47.3 Å². The number of imide groups is 1. The average Bonchev–Trinajstić information content (AvgIpc) is 3.32. The topological polar surface area (TPSA) is 84.3 Å². The smallest absolute Gasteiger partial charge is 0.266 e. The van der Waals surface area contributed by atoms with Gasteiger partial charge in [0, 0.05) is 13.5 Å². The highest BCUT2D eigenvalue weighted by molar-refractivity contribution is 7.12. The molecule has 1 N–H and O–H groups in total. The number of thiophene rings is 1. The number of hydrogen-bond acceptors (Lipinski definition) is 5. The average molecular weight is 378 g/mol. The monoisotopic (exact) mass is 378 g/mol.